The predicted octanol–water partition coefficient (Wildman–Crippen LogP) is 5.01. The average Bonchev–Trinajstić information content (AvgIpc) is 2.89. The largest absolute Gasteiger partial charge is 0.357 e. The molecule has 0 saturated carbocycles. The number of benzene rings is 3. The van der Waals surface area contributed by atoms with Crippen LogP contribution in [0.1, 0.15) is 35.6 Å². The fourth-order valence-electron chi connectivity index (χ4n) is 4.24. The van der Waals surface area contributed by atoms with E-state index in [4.69, 9.17) is 11.6 Å². The smallest absolute Gasteiger partial charge is 0.264 e. The molecule has 0 aliphatic carbocycles. The Balaban J connectivity index is 2.12. The van der Waals surface area contributed by atoms with Crippen molar-refractivity contribution in [3.63, 3.8) is 0 Å². The number of amides is 2. The summed E-state index contributed by atoms with van der Waals surface area (Å²) in [5.74, 6) is -0.857. The lowest BCUT2D eigenvalue weighted by atomic mass is 10.1. The van der Waals surface area contributed by atoms with E-state index in [2.05, 4.69) is 5.32 Å². The van der Waals surface area contributed by atoms with Crippen LogP contribution >= 0.6 is 11.6 Å². The second-order valence-electron chi connectivity index (χ2n) is 9.27. The van der Waals surface area contributed by atoms with E-state index in [1.165, 1.54) is 24.1 Å². The Morgan fingerprint density at radius 1 is 0.947 bits per heavy atom. The van der Waals surface area contributed by atoms with Gasteiger partial charge in [-0.2, -0.15) is 0 Å². The lowest BCUT2D eigenvalue weighted by Crippen LogP contribution is -2.51. The van der Waals surface area contributed by atoms with E-state index in [1.807, 2.05) is 26.0 Å². The van der Waals surface area contributed by atoms with Crippen LogP contribution < -0.4 is 9.62 Å². The van der Waals surface area contributed by atoms with Crippen LogP contribution in [0.2, 0.25) is 5.02 Å². The third kappa shape index (κ3) is 6.55. The first-order valence-corrected chi connectivity index (χ1v) is 14.2. The molecule has 0 aromatic heterocycles. The molecule has 202 valence electrons. The maximum Gasteiger partial charge on any atom is 0.264 e. The molecule has 9 heteroatoms. The Hall–Kier alpha value is -3.36. The third-order valence-electron chi connectivity index (χ3n) is 6.45. The first-order chi connectivity index (χ1) is 18.0. The molecule has 0 saturated heterocycles. The number of carbonyl (C=O) groups is 2. The van der Waals surface area contributed by atoms with E-state index < -0.39 is 28.5 Å². The van der Waals surface area contributed by atoms with Gasteiger partial charge in [-0.15, -0.1) is 0 Å². The Kier molecular flexibility index (Phi) is 9.57. The van der Waals surface area contributed by atoms with Crippen molar-refractivity contribution >= 4 is 39.1 Å². The van der Waals surface area contributed by atoms with E-state index in [-0.39, 0.29) is 17.3 Å². The summed E-state index contributed by atoms with van der Waals surface area (Å²) in [6, 6.07) is 18.2. The van der Waals surface area contributed by atoms with E-state index in [0.717, 1.165) is 15.4 Å². The number of halogens is 1. The van der Waals surface area contributed by atoms with Gasteiger partial charge in [0.2, 0.25) is 11.8 Å². The van der Waals surface area contributed by atoms with E-state index in [0.29, 0.717) is 28.3 Å². The summed E-state index contributed by atoms with van der Waals surface area (Å²) in [6.45, 7) is 6.91. The zero-order valence-corrected chi connectivity index (χ0v) is 23.9. The quantitative estimate of drug-likeness (QED) is 0.381. The first kappa shape index (κ1) is 29.2. The molecule has 2 amide bonds. The molecule has 38 heavy (non-hydrogen) atoms. The molecule has 0 fully saturated rings. The Bertz CT molecular complexity index is 1410. The molecule has 1 atom stereocenters. The molecular weight excluding hydrogens is 522 g/mol. The number of aryl methyl sites for hydroxylation is 3. The van der Waals surface area contributed by atoms with Gasteiger partial charge < -0.3 is 10.2 Å². The van der Waals surface area contributed by atoms with Crippen molar-refractivity contribution < 1.29 is 18.0 Å². The van der Waals surface area contributed by atoms with Gasteiger partial charge in [-0.3, -0.25) is 13.9 Å². The zero-order valence-electron chi connectivity index (χ0n) is 22.4. The van der Waals surface area contributed by atoms with E-state index in [9.17, 15) is 18.0 Å². The maximum atomic E-state index is 14.0. The summed E-state index contributed by atoms with van der Waals surface area (Å²) in [5.41, 5.74) is 3.54. The van der Waals surface area contributed by atoms with Gasteiger partial charge in [0.1, 0.15) is 12.6 Å². The minimum atomic E-state index is -4.12. The van der Waals surface area contributed by atoms with Gasteiger partial charge in [0.15, 0.2) is 0 Å². The molecule has 3 aromatic carbocycles. The summed E-state index contributed by atoms with van der Waals surface area (Å²) in [7, 11) is -2.61. The summed E-state index contributed by atoms with van der Waals surface area (Å²) < 4.78 is 29.1. The van der Waals surface area contributed by atoms with Crippen molar-refractivity contribution in [2.75, 3.05) is 17.9 Å². The SMILES string of the molecule is CC[C@H](C(=O)NC)N(Cc1ccccc1Cl)C(=O)CN(c1cc(C)ccc1C)S(=O)(=O)c1ccc(C)cc1. The third-order valence-corrected chi connectivity index (χ3v) is 8.59. The lowest BCUT2D eigenvalue weighted by molar-refractivity contribution is -0.140. The normalized spacial score (nSPS) is 12.1. The van der Waals surface area contributed by atoms with Crippen LogP contribution in [0.15, 0.2) is 71.6 Å². The van der Waals surface area contributed by atoms with Crippen LogP contribution in [0.25, 0.3) is 0 Å². The molecule has 0 spiro atoms. The van der Waals surface area contributed by atoms with Crippen LogP contribution in [-0.2, 0) is 26.2 Å². The summed E-state index contributed by atoms with van der Waals surface area (Å²) >= 11 is 6.39. The molecule has 3 aromatic rings. The highest BCUT2D eigenvalue weighted by Gasteiger charge is 2.34. The molecule has 0 bridgehead atoms. The maximum absolute atomic E-state index is 14.0. The number of nitrogens with zero attached hydrogens (tertiary/aromatic N) is 2. The van der Waals surface area contributed by atoms with Crippen LogP contribution in [0.5, 0.6) is 0 Å². The molecule has 3 rings (SSSR count). The minimum Gasteiger partial charge on any atom is -0.357 e. The van der Waals surface area contributed by atoms with Crippen molar-refractivity contribution in [2.24, 2.45) is 0 Å². The van der Waals surface area contributed by atoms with Gasteiger partial charge in [0.05, 0.1) is 10.6 Å². The van der Waals surface area contributed by atoms with Gasteiger partial charge in [0.25, 0.3) is 10.0 Å². The van der Waals surface area contributed by atoms with Gasteiger partial charge in [-0.05, 0) is 68.1 Å². The lowest BCUT2D eigenvalue weighted by Gasteiger charge is -2.33. The van der Waals surface area contributed by atoms with Crippen molar-refractivity contribution in [2.45, 2.75) is 51.6 Å². The van der Waals surface area contributed by atoms with Crippen LogP contribution in [-0.4, -0.2) is 44.8 Å². The zero-order chi connectivity index (χ0) is 28.0. The number of nitrogens with one attached hydrogen (secondary N) is 1. The molecule has 0 aliphatic rings. The number of hydrogen-bond donors (Lipinski definition) is 1. The predicted molar refractivity (Wildman–Crippen MR) is 152 cm³/mol. The van der Waals surface area contributed by atoms with Gasteiger partial charge in [-0.1, -0.05) is 66.6 Å². The number of carbonyl (C=O) groups excluding carboxylic acids is 2. The van der Waals surface area contributed by atoms with Crippen molar-refractivity contribution in [3.05, 3.63) is 94.0 Å². The standard InChI is InChI=1S/C29H34ClN3O4S/c1-6-26(29(35)31-5)32(18-23-9-7-8-10-25(23)30)28(34)19-33(27-17-21(3)11-14-22(27)4)38(36,37)24-15-12-20(2)13-16-24/h7-17,26H,6,18-19H2,1-5H3,(H,31,35)/t26-/m1/s1. The highest BCUT2D eigenvalue weighted by molar-refractivity contribution is 7.92. The first-order valence-electron chi connectivity index (χ1n) is 12.4. The minimum absolute atomic E-state index is 0.0512. The van der Waals surface area contributed by atoms with Crippen molar-refractivity contribution in [1.82, 2.24) is 10.2 Å². The Labute approximate surface area is 230 Å². The number of likely N-dealkylation sites (N-methyl/N-ethyl adjacent to an activating group) is 1. The van der Waals surface area contributed by atoms with E-state index in [1.54, 1.807) is 56.3 Å². The van der Waals surface area contributed by atoms with Crippen LogP contribution in [0, 0.1) is 20.8 Å². The van der Waals surface area contributed by atoms with Gasteiger partial charge in [0, 0.05) is 18.6 Å². The van der Waals surface area contributed by atoms with Crippen LogP contribution in [0.3, 0.4) is 0 Å². The van der Waals surface area contributed by atoms with Crippen molar-refractivity contribution in [3.8, 4) is 0 Å². The second-order valence-corrected chi connectivity index (χ2v) is 11.5. The highest BCUT2D eigenvalue weighted by Crippen LogP contribution is 2.29. The fourth-order valence-corrected chi connectivity index (χ4v) is 5.90. The molecule has 1 N–H and O–H groups in total. The van der Waals surface area contributed by atoms with Crippen molar-refractivity contribution in [1.29, 1.82) is 0 Å². The van der Waals surface area contributed by atoms with Crippen LogP contribution in [0.4, 0.5) is 5.69 Å². The average molecular weight is 556 g/mol. The molecule has 0 unspecified atom stereocenters. The molecule has 7 nitrogen and oxygen atoms in total. The second kappa shape index (κ2) is 12.5. The monoisotopic (exact) mass is 555 g/mol. The number of rotatable bonds is 10. The molecular formula is C29H34ClN3O4S. The summed E-state index contributed by atoms with van der Waals surface area (Å²) in [4.78, 5) is 28.3. The Morgan fingerprint density at radius 3 is 2.18 bits per heavy atom. The Morgan fingerprint density at radius 2 is 1.58 bits per heavy atom. The summed E-state index contributed by atoms with van der Waals surface area (Å²) in [5, 5.41) is 3.07. The van der Waals surface area contributed by atoms with Gasteiger partial charge >= 0.3 is 0 Å². The number of sulfonamides is 1. The molecule has 0 aliphatic heterocycles. The number of hydrogen-bond acceptors (Lipinski definition) is 4. The van der Waals surface area contributed by atoms with E-state index >= 15 is 0 Å². The highest BCUT2D eigenvalue weighted by atomic mass is 35.5. The molecule has 0 heterocycles. The molecule has 0 radical (unpaired) electrons. The topological polar surface area (TPSA) is 86.8 Å². The summed E-state index contributed by atoms with van der Waals surface area (Å²) in [6.07, 6.45) is 0.337. The van der Waals surface area contributed by atoms with Gasteiger partial charge in [-0.25, -0.2) is 8.42 Å². The fraction of sp³-hybridized carbons (Fsp3) is 0.310. The number of anilines is 1.